The first-order chi connectivity index (χ1) is 8.74. The largest absolute Gasteiger partial charge is 0.351 e. The number of hydrogen-bond acceptors (Lipinski definition) is 1. The molecule has 0 aliphatic carbocycles. The molecule has 1 N–H and O–H groups in total. The molecule has 0 atom stereocenters. The van der Waals surface area contributed by atoms with Crippen LogP contribution in [0.25, 0.3) is 10.9 Å². The molecule has 1 aliphatic heterocycles. The minimum Gasteiger partial charge on any atom is -0.351 e. The van der Waals surface area contributed by atoms with Crippen LogP contribution >= 0.6 is 0 Å². The SMILES string of the molecule is Cn1ccc2cc(F)c(CC3CCNCC3)cc21. The highest BCUT2D eigenvalue weighted by molar-refractivity contribution is 5.80. The van der Waals surface area contributed by atoms with Gasteiger partial charge in [0, 0.05) is 24.1 Å². The third kappa shape index (κ3) is 2.15. The number of aryl methyl sites for hydroxylation is 1. The summed E-state index contributed by atoms with van der Waals surface area (Å²) in [6.07, 6.45) is 5.17. The molecule has 3 heteroatoms. The van der Waals surface area contributed by atoms with Gasteiger partial charge in [-0.25, -0.2) is 4.39 Å². The second-order valence-corrected chi connectivity index (χ2v) is 5.33. The topological polar surface area (TPSA) is 17.0 Å². The van der Waals surface area contributed by atoms with Crippen molar-refractivity contribution in [2.24, 2.45) is 13.0 Å². The lowest BCUT2D eigenvalue weighted by Crippen LogP contribution is -2.28. The van der Waals surface area contributed by atoms with Gasteiger partial charge < -0.3 is 9.88 Å². The summed E-state index contributed by atoms with van der Waals surface area (Å²) in [4.78, 5) is 0. The number of hydrogen-bond donors (Lipinski definition) is 1. The van der Waals surface area contributed by atoms with Crippen LogP contribution in [0.4, 0.5) is 4.39 Å². The molecule has 0 saturated carbocycles. The lowest BCUT2D eigenvalue weighted by molar-refractivity contribution is 0.368. The molecule has 0 amide bonds. The van der Waals surface area contributed by atoms with Crippen molar-refractivity contribution >= 4 is 10.9 Å². The zero-order chi connectivity index (χ0) is 12.5. The number of halogens is 1. The maximum atomic E-state index is 14.1. The molecule has 1 aromatic carbocycles. The van der Waals surface area contributed by atoms with E-state index in [1.165, 1.54) is 0 Å². The normalized spacial score (nSPS) is 17.4. The molecule has 0 unspecified atom stereocenters. The van der Waals surface area contributed by atoms with Crippen LogP contribution in [0.1, 0.15) is 18.4 Å². The van der Waals surface area contributed by atoms with E-state index in [9.17, 15) is 4.39 Å². The van der Waals surface area contributed by atoms with E-state index < -0.39 is 0 Å². The van der Waals surface area contributed by atoms with Gasteiger partial charge in [0.05, 0.1) is 0 Å². The first kappa shape index (κ1) is 11.7. The van der Waals surface area contributed by atoms with Gasteiger partial charge in [0.25, 0.3) is 0 Å². The Morgan fingerprint density at radius 1 is 1.33 bits per heavy atom. The number of benzene rings is 1. The summed E-state index contributed by atoms with van der Waals surface area (Å²) >= 11 is 0. The molecular weight excluding hydrogens is 227 g/mol. The van der Waals surface area contributed by atoms with Crippen molar-refractivity contribution in [1.29, 1.82) is 0 Å². The predicted octanol–water partition coefficient (Wildman–Crippen LogP) is 2.86. The van der Waals surface area contributed by atoms with Crippen LogP contribution in [-0.4, -0.2) is 17.7 Å². The van der Waals surface area contributed by atoms with Crippen molar-refractivity contribution in [2.45, 2.75) is 19.3 Å². The van der Waals surface area contributed by atoms with E-state index >= 15 is 0 Å². The average Bonchev–Trinajstić information content (AvgIpc) is 2.73. The number of aromatic nitrogens is 1. The van der Waals surface area contributed by atoms with Crippen molar-refractivity contribution in [3.05, 3.63) is 35.8 Å². The summed E-state index contributed by atoms with van der Waals surface area (Å²) in [7, 11) is 2.01. The highest BCUT2D eigenvalue weighted by atomic mass is 19.1. The van der Waals surface area contributed by atoms with Crippen LogP contribution in [0.15, 0.2) is 24.4 Å². The quantitative estimate of drug-likeness (QED) is 0.862. The van der Waals surface area contributed by atoms with Crippen molar-refractivity contribution in [2.75, 3.05) is 13.1 Å². The first-order valence-electron chi connectivity index (χ1n) is 6.68. The smallest absolute Gasteiger partial charge is 0.127 e. The Bertz CT molecular complexity index is 553. The minimum absolute atomic E-state index is 0.0489. The van der Waals surface area contributed by atoms with Gasteiger partial charge in [0.1, 0.15) is 5.82 Å². The van der Waals surface area contributed by atoms with Crippen LogP contribution in [-0.2, 0) is 13.5 Å². The molecule has 1 aromatic heterocycles. The van der Waals surface area contributed by atoms with E-state index in [2.05, 4.69) is 9.88 Å². The van der Waals surface area contributed by atoms with E-state index in [0.29, 0.717) is 5.92 Å². The number of nitrogens with one attached hydrogen (secondary N) is 1. The van der Waals surface area contributed by atoms with Gasteiger partial charge in [-0.2, -0.15) is 0 Å². The molecule has 0 bridgehead atoms. The van der Waals surface area contributed by atoms with Gasteiger partial charge in [-0.1, -0.05) is 0 Å². The lowest BCUT2D eigenvalue weighted by atomic mass is 9.90. The second kappa shape index (κ2) is 4.73. The number of piperidine rings is 1. The van der Waals surface area contributed by atoms with Crippen LogP contribution in [0, 0.1) is 11.7 Å². The zero-order valence-electron chi connectivity index (χ0n) is 10.7. The van der Waals surface area contributed by atoms with E-state index in [-0.39, 0.29) is 5.82 Å². The Balaban J connectivity index is 1.90. The molecule has 96 valence electrons. The van der Waals surface area contributed by atoms with Crippen LogP contribution < -0.4 is 5.32 Å². The Morgan fingerprint density at radius 2 is 2.11 bits per heavy atom. The molecule has 0 radical (unpaired) electrons. The average molecular weight is 246 g/mol. The zero-order valence-corrected chi connectivity index (χ0v) is 10.7. The Kier molecular flexibility index (Phi) is 3.08. The molecule has 2 aromatic rings. The monoisotopic (exact) mass is 246 g/mol. The molecule has 1 fully saturated rings. The van der Waals surface area contributed by atoms with Crippen LogP contribution in [0.3, 0.4) is 0 Å². The molecule has 2 heterocycles. The second-order valence-electron chi connectivity index (χ2n) is 5.33. The van der Waals surface area contributed by atoms with Crippen molar-refractivity contribution in [1.82, 2.24) is 9.88 Å². The summed E-state index contributed by atoms with van der Waals surface area (Å²) in [5, 5.41) is 4.34. The van der Waals surface area contributed by atoms with Gasteiger partial charge in [-0.15, -0.1) is 0 Å². The van der Waals surface area contributed by atoms with Crippen LogP contribution in [0.5, 0.6) is 0 Å². The molecule has 3 rings (SSSR count). The lowest BCUT2D eigenvalue weighted by Gasteiger charge is -2.22. The van der Waals surface area contributed by atoms with E-state index in [4.69, 9.17) is 0 Å². The number of nitrogens with zero attached hydrogens (tertiary/aromatic N) is 1. The molecule has 1 aliphatic rings. The van der Waals surface area contributed by atoms with Gasteiger partial charge in [0.15, 0.2) is 0 Å². The summed E-state index contributed by atoms with van der Waals surface area (Å²) < 4.78 is 16.1. The van der Waals surface area contributed by atoms with Crippen molar-refractivity contribution in [3.63, 3.8) is 0 Å². The standard InChI is InChI=1S/C15H19FN2/c1-18-7-4-12-9-14(16)13(10-15(12)18)8-11-2-5-17-6-3-11/h4,7,9-11,17H,2-3,5-6,8H2,1H3. The van der Waals surface area contributed by atoms with Crippen molar-refractivity contribution in [3.8, 4) is 0 Å². The Morgan fingerprint density at radius 3 is 2.89 bits per heavy atom. The molecule has 2 nitrogen and oxygen atoms in total. The fourth-order valence-electron chi connectivity index (χ4n) is 2.89. The van der Waals surface area contributed by atoms with Gasteiger partial charge in [0.2, 0.25) is 0 Å². The van der Waals surface area contributed by atoms with E-state index in [1.54, 1.807) is 6.07 Å². The number of rotatable bonds is 2. The number of fused-ring (bicyclic) bond motifs is 1. The fraction of sp³-hybridized carbons (Fsp3) is 0.467. The third-order valence-electron chi connectivity index (χ3n) is 4.02. The third-order valence-corrected chi connectivity index (χ3v) is 4.02. The summed E-state index contributed by atoms with van der Waals surface area (Å²) in [5.74, 6) is 0.575. The van der Waals surface area contributed by atoms with E-state index in [1.807, 2.05) is 25.4 Å². The predicted molar refractivity (Wildman–Crippen MR) is 72.2 cm³/mol. The maximum Gasteiger partial charge on any atom is 0.127 e. The summed E-state index contributed by atoms with van der Waals surface area (Å²) in [6.45, 7) is 2.14. The minimum atomic E-state index is -0.0489. The summed E-state index contributed by atoms with van der Waals surface area (Å²) in [6, 6.07) is 5.66. The first-order valence-corrected chi connectivity index (χ1v) is 6.68. The summed E-state index contributed by atoms with van der Waals surface area (Å²) in [5.41, 5.74) is 2.00. The Hall–Kier alpha value is -1.35. The highest BCUT2D eigenvalue weighted by Crippen LogP contribution is 2.24. The van der Waals surface area contributed by atoms with Gasteiger partial charge in [-0.05, 0) is 62.0 Å². The van der Waals surface area contributed by atoms with E-state index in [0.717, 1.165) is 48.8 Å². The molecule has 18 heavy (non-hydrogen) atoms. The van der Waals surface area contributed by atoms with Gasteiger partial charge in [-0.3, -0.25) is 0 Å². The molecule has 0 spiro atoms. The maximum absolute atomic E-state index is 14.1. The fourth-order valence-corrected chi connectivity index (χ4v) is 2.89. The Labute approximate surface area is 107 Å². The van der Waals surface area contributed by atoms with Crippen molar-refractivity contribution < 1.29 is 4.39 Å². The van der Waals surface area contributed by atoms with Crippen LogP contribution in [0.2, 0.25) is 0 Å². The highest BCUT2D eigenvalue weighted by Gasteiger charge is 2.16. The van der Waals surface area contributed by atoms with Gasteiger partial charge >= 0.3 is 0 Å². The molecule has 1 saturated heterocycles. The molecular formula is C15H19FN2.